The van der Waals surface area contributed by atoms with Crippen LogP contribution >= 0.6 is 0 Å². The molecule has 9 aromatic carbocycles. The number of aromatic nitrogens is 1. The number of anilines is 3. The zero-order valence-corrected chi connectivity index (χ0v) is 29.9. The maximum atomic E-state index is 6.81. The van der Waals surface area contributed by atoms with E-state index in [1.165, 1.54) is 43.7 Å². The highest BCUT2D eigenvalue weighted by Gasteiger charge is 2.24. The molecule has 11 rings (SSSR count). The van der Waals surface area contributed by atoms with Gasteiger partial charge in [0, 0.05) is 33.2 Å². The molecule has 0 N–H and O–H groups in total. The molecule has 11 aromatic rings. The van der Waals surface area contributed by atoms with E-state index in [2.05, 4.69) is 216 Å². The summed E-state index contributed by atoms with van der Waals surface area (Å²) in [7, 11) is 0. The molecule has 0 saturated carbocycles. The van der Waals surface area contributed by atoms with Crippen molar-refractivity contribution >= 4 is 71.6 Å². The first-order valence-electron chi connectivity index (χ1n) is 18.8. The zero-order chi connectivity index (χ0) is 36.3. The van der Waals surface area contributed by atoms with E-state index >= 15 is 0 Å². The van der Waals surface area contributed by atoms with Crippen molar-refractivity contribution in [1.29, 1.82) is 0 Å². The lowest BCUT2D eigenvalue weighted by Gasteiger charge is -2.27. The summed E-state index contributed by atoms with van der Waals surface area (Å²) < 4.78 is 9.18. The summed E-state index contributed by atoms with van der Waals surface area (Å²) in [6, 6.07) is 73.9. The van der Waals surface area contributed by atoms with Crippen LogP contribution in [0.3, 0.4) is 0 Å². The van der Waals surface area contributed by atoms with Crippen molar-refractivity contribution in [2.75, 3.05) is 4.90 Å². The van der Waals surface area contributed by atoms with Gasteiger partial charge in [0.1, 0.15) is 11.2 Å². The number of benzene rings is 9. The minimum absolute atomic E-state index is 0.857. The Morgan fingerprint density at radius 1 is 0.364 bits per heavy atom. The molecule has 3 heteroatoms. The molecular weight excluding hydrogens is 669 g/mol. The Kier molecular flexibility index (Phi) is 7.17. The second kappa shape index (κ2) is 12.6. The third-order valence-electron chi connectivity index (χ3n) is 11.0. The molecule has 0 amide bonds. The molecule has 0 aliphatic carbocycles. The van der Waals surface area contributed by atoms with E-state index in [4.69, 9.17) is 4.42 Å². The van der Waals surface area contributed by atoms with Crippen LogP contribution in [0.1, 0.15) is 0 Å². The average molecular weight is 703 g/mol. The van der Waals surface area contributed by atoms with E-state index in [-0.39, 0.29) is 0 Å². The van der Waals surface area contributed by atoms with Gasteiger partial charge in [-0.25, -0.2) is 0 Å². The molecule has 2 heterocycles. The molecule has 0 fully saturated rings. The number of fused-ring (bicyclic) bond motifs is 8. The topological polar surface area (TPSA) is 21.3 Å². The van der Waals surface area contributed by atoms with Gasteiger partial charge in [0.25, 0.3) is 0 Å². The van der Waals surface area contributed by atoms with Crippen LogP contribution in [0.5, 0.6) is 0 Å². The molecule has 0 unspecified atom stereocenters. The second-order valence-corrected chi connectivity index (χ2v) is 14.1. The van der Waals surface area contributed by atoms with E-state index < -0.39 is 0 Å². The Morgan fingerprint density at radius 2 is 0.964 bits per heavy atom. The van der Waals surface area contributed by atoms with Crippen LogP contribution in [0.15, 0.2) is 211 Å². The average Bonchev–Trinajstić information content (AvgIpc) is 3.81. The van der Waals surface area contributed by atoms with Gasteiger partial charge in [-0.15, -0.1) is 0 Å². The van der Waals surface area contributed by atoms with Crippen LogP contribution in [-0.4, -0.2) is 4.57 Å². The molecule has 0 aliphatic heterocycles. The third kappa shape index (κ3) is 5.13. The van der Waals surface area contributed by atoms with Gasteiger partial charge in [-0.2, -0.15) is 0 Å². The van der Waals surface area contributed by atoms with Gasteiger partial charge in [-0.05, 0) is 99.8 Å². The summed E-state index contributed by atoms with van der Waals surface area (Å²) in [6.07, 6.45) is 0. The number of hydrogen-bond donors (Lipinski definition) is 0. The second-order valence-electron chi connectivity index (χ2n) is 14.1. The Morgan fingerprint density at radius 3 is 1.73 bits per heavy atom. The summed E-state index contributed by atoms with van der Waals surface area (Å²) in [5, 5.41) is 6.98. The van der Waals surface area contributed by atoms with Gasteiger partial charge in [0.2, 0.25) is 0 Å². The molecule has 0 saturated heterocycles. The van der Waals surface area contributed by atoms with Crippen LogP contribution in [0, 0.1) is 0 Å². The SMILES string of the molecule is c1ccc(-c2ccc(N(c3ccc4c(c3)c3ccccc3n4-c3ccccc3)c3cc(-c4ccccc4)cc4oc5ccc6ccccc6c5c34)cc2)cc1. The van der Waals surface area contributed by atoms with Crippen molar-refractivity contribution in [2.24, 2.45) is 0 Å². The van der Waals surface area contributed by atoms with Gasteiger partial charge < -0.3 is 13.9 Å². The molecule has 258 valence electrons. The molecular formula is C52H34N2O. The van der Waals surface area contributed by atoms with Crippen LogP contribution < -0.4 is 4.90 Å². The Hall–Kier alpha value is -7.36. The summed E-state index contributed by atoms with van der Waals surface area (Å²) >= 11 is 0. The van der Waals surface area contributed by atoms with E-state index in [9.17, 15) is 0 Å². The van der Waals surface area contributed by atoms with E-state index in [1.807, 2.05) is 0 Å². The predicted molar refractivity (Wildman–Crippen MR) is 231 cm³/mol. The molecule has 2 aromatic heterocycles. The van der Waals surface area contributed by atoms with Gasteiger partial charge in [0.05, 0.1) is 22.1 Å². The highest BCUT2D eigenvalue weighted by molar-refractivity contribution is 6.24. The largest absolute Gasteiger partial charge is 0.456 e. The highest BCUT2D eigenvalue weighted by Crippen LogP contribution is 2.48. The molecule has 0 aliphatic rings. The van der Waals surface area contributed by atoms with Crippen LogP contribution in [0.25, 0.3) is 82.5 Å². The quantitative estimate of drug-likeness (QED) is 0.172. The van der Waals surface area contributed by atoms with Crippen molar-refractivity contribution in [3.63, 3.8) is 0 Å². The summed E-state index contributed by atoms with van der Waals surface area (Å²) in [5.74, 6) is 0. The van der Waals surface area contributed by atoms with Crippen molar-refractivity contribution < 1.29 is 4.42 Å². The number of furan rings is 1. The lowest BCUT2D eigenvalue weighted by Crippen LogP contribution is -2.10. The molecule has 55 heavy (non-hydrogen) atoms. The van der Waals surface area contributed by atoms with E-state index in [0.717, 1.165) is 55.8 Å². The fraction of sp³-hybridized carbons (Fsp3) is 0. The molecule has 0 bridgehead atoms. The lowest BCUT2D eigenvalue weighted by atomic mass is 9.98. The Balaban J connectivity index is 1.23. The van der Waals surface area contributed by atoms with Crippen molar-refractivity contribution in [3.8, 4) is 27.9 Å². The number of hydrogen-bond acceptors (Lipinski definition) is 2. The standard InChI is InChI=1S/C52H34N2O/c1-4-14-35(15-5-1)37-24-27-41(28-25-37)53(42-29-30-47-45(34-42)44-22-12-13-23-46(44)54(47)40-19-8-3-9-20-40)48-32-39(36-16-6-2-7-17-36)33-50-52(48)51-43-21-11-10-18-38(43)26-31-49(51)55-50/h1-34H. The maximum absolute atomic E-state index is 6.81. The minimum atomic E-state index is 0.857. The van der Waals surface area contributed by atoms with Gasteiger partial charge in [-0.1, -0.05) is 140 Å². The van der Waals surface area contributed by atoms with Gasteiger partial charge in [0.15, 0.2) is 0 Å². The van der Waals surface area contributed by atoms with Crippen molar-refractivity contribution in [2.45, 2.75) is 0 Å². The summed E-state index contributed by atoms with van der Waals surface area (Å²) in [4.78, 5) is 2.42. The summed E-state index contributed by atoms with van der Waals surface area (Å²) in [6.45, 7) is 0. The monoisotopic (exact) mass is 702 g/mol. The molecule has 0 atom stereocenters. The smallest absolute Gasteiger partial charge is 0.138 e. The zero-order valence-electron chi connectivity index (χ0n) is 29.9. The van der Waals surface area contributed by atoms with Crippen LogP contribution in [-0.2, 0) is 0 Å². The van der Waals surface area contributed by atoms with E-state index in [1.54, 1.807) is 0 Å². The van der Waals surface area contributed by atoms with Crippen molar-refractivity contribution in [1.82, 2.24) is 4.57 Å². The first-order valence-corrected chi connectivity index (χ1v) is 18.8. The van der Waals surface area contributed by atoms with Gasteiger partial charge >= 0.3 is 0 Å². The first-order chi connectivity index (χ1) is 27.3. The Labute approximate surface area is 318 Å². The highest BCUT2D eigenvalue weighted by atomic mass is 16.3. The molecule has 3 nitrogen and oxygen atoms in total. The fourth-order valence-electron chi connectivity index (χ4n) is 8.44. The number of para-hydroxylation sites is 2. The molecule has 0 spiro atoms. The normalized spacial score (nSPS) is 11.6. The summed E-state index contributed by atoms with van der Waals surface area (Å²) in [5.41, 5.74) is 13.0. The molecule has 0 radical (unpaired) electrons. The minimum Gasteiger partial charge on any atom is -0.456 e. The van der Waals surface area contributed by atoms with Crippen LogP contribution in [0.2, 0.25) is 0 Å². The van der Waals surface area contributed by atoms with Gasteiger partial charge in [-0.3, -0.25) is 0 Å². The first kappa shape index (κ1) is 31.2. The third-order valence-corrected chi connectivity index (χ3v) is 11.0. The van der Waals surface area contributed by atoms with Crippen LogP contribution in [0.4, 0.5) is 17.1 Å². The Bertz CT molecular complexity index is 3180. The maximum Gasteiger partial charge on any atom is 0.138 e. The number of rotatable bonds is 6. The number of nitrogens with zero attached hydrogens (tertiary/aromatic N) is 2. The predicted octanol–water partition coefficient (Wildman–Crippen LogP) is 14.6. The van der Waals surface area contributed by atoms with E-state index in [0.29, 0.717) is 0 Å². The fourth-order valence-corrected chi connectivity index (χ4v) is 8.44. The van der Waals surface area contributed by atoms with Crippen molar-refractivity contribution in [3.05, 3.63) is 206 Å². The lowest BCUT2D eigenvalue weighted by molar-refractivity contribution is 0.669.